The van der Waals surface area contributed by atoms with E-state index < -0.39 is 0 Å². The Morgan fingerprint density at radius 1 is 0.702 bits per heavy atom. The number of rotatable bonds is 14. The van der Waals surface area contributed by atoms with Crippen molar-refractivity contribution in [3.63, 3.8) is 0 Å². The van der Waals surface area contributed by atoms with Gasteiger partial charge in [-0.3, -0.25) is 9.69 Å². The third kappa shape index (κ3) is 9.45. The average molecular weight is 642 g/mol. The lowest BCUT2D eigenvalue weighted by Crippen LogP contribution is -2.30. The van der Waals surface area contributed by atoms with Crippen LogP contribution in [-0.2, 0) is 32.7 Å². The molecule has 6 aromatic rings. The number of benzene rings is 5. The second-order valence-corrected chi connectivity index (χ2v) is 12.4. The summed E-state index contributed by atoms with van der Waals surface area (Å²) in [6, 6.07) is 44.8. The van der Waals surface area contributed by atoms with Crippen molar-refractivity contribution in [1.82, 2.24) is 15.2 Å². The van der Waals surface area contributed by atoms with Crippen LogP contribution in [0.4, 0.5) is 4.39 Å². The van der Waals surface area contributed by atoms with E-state index in [-0.39, 0.29) is 17.8 Å². The predicted octanol–water partition coefficient (Wildman–Crippen LogP) is 8.78. The van der Waals surface area contributed by atoms with Gasteiger partial charge in [-0.05, 0) is 58.5 Å². The van der Waals surface area contributed by atoms with E-state index in [2.05, 4.69) is 34.5 Å². The molecule has 0 saturated heterocycles. The van der Waals surface area contributed by atoms with Crippen LogP contribution in [0.3, 0.4) is 0 Å². The molecule has 5 aromatic carbocycles. The van der Waals surface area contributed by atoms with Crippen LogP contribution < -0.4 is 10.1 Å². The minimum absolute atomic E-state index is 0.189. The molecule has 5 nitrogen and oxygen atoms in total. The van der Waals surface area contributed by atoms with Gasteiger partial charge in [0.05, 0.1) is 12.6 Å². The van der Waals surface area contributed by atoms with Gasteiger partial charge in [-0.2, -0.15) is 0 Å². The second kappa shape index (κ2) is 15.9. The number of nitrogens with one attached hydrogen (secondary N) is 1. The van der Waals surface area contributed by atoms with Gasteiger partial charge in [0.1, 0.15) is 28.9 Å². The van der Waals surface area contributed by atoms with Crippen LogP contribution in [0, 0.1) is 5.82 Å². The van der Waals surface area contributed by atoms with Gasteiger partial charge in [0.25, 0.3) is 5.91 Å². The second-order valence-electron chi connectivity index (χ2n) is 11.4. The van der Waals surface area contributed by atoms with Crippen molar-refractivity contribution >= 4 is 17.2 Å². The maximum absolute atomic E-state index is 13.7. The molecule has 1 amide bonds. The maximum atomic E-state index is 13.7. The molecule has 1 atom stereocenters. The number of aromatic nitrogens is 1. The van der Waals surface area contributed by atoms with Gasteiger partial charge in [0.2, 0.25) is 0 Å². The fourth-order valence-corrected chi connectivity index (χ4v) is 6.22. The number of hydrogen-bond donors (Lipinski definition) is 1. The molecule has 0 saturated carbocycles. The zero-order valence-electron chi connectivity index (χ0n) is 26.0. The monoisotopic (exact) mass is 641 g/mol. The molecular formula is C40H36FN3O2S. The Hall–Kier alpha value is -5.11. The number of carbonyl (C=O) groups is 1. The van der Waals surface area contributed by atoms with Crippen molar-refractivity contribution < 1.29 is 13.9 Å². The highest BCUT2D eigenvalue weighted by Gasteiger charge is 2.19. The lowest BCUT2D eigenvalue weighted by Gasteiger charge is -2.22. The van der Waals surface area contributed by atoms with Crippen molar-refractivity contribution in [3.05, 3.63) is 189 Å². The molecule has 0 spiro atoms. The summed E-state index contributed by atoms with van der Waals surface area (Å²) in [5.74, 6) is 0.343. The number of hydrogen-bond acceptors (Lipinski definition) is 5. The zero-order valence-corrected chi connectivity index (χ0v) is 26.8. The molecule has 47 heavy (non-hydrogen) atoms. The number of ether oxygens (including phenoxy) is 1. The molecule has 236 valence electrons. The Labute approximate surface area is 279 Å². The highest BCUT2D eigenvalue weighted by atomic mass is 32.1. The van der Waals surface area contributed by atoms with Crippen LogP contribution in [0.15, 0.2) is 145 Å². The smallest absolute Gasteiger partial charge is 0.271 e. The summed E-state index contributed by atoms with van der Waals surface area (Å²) < 4.78 is 19.6. The average Bonchev–Trinajstić information content (AvgIpc) is 3.58. The van der Waals surface area contributed by atoms with Gasteiger partial charge in [0, 0.05) is 18.5 Å². The molecule has 1 heterocycles. The number of amides is 1. The Bertz CT molecular complexity index is 1830. The molecule has 0 unspecified atom stereocenters. The van der Waals surface area contributed by atoms with Gasteiger partial charge in [-0.25, -0.2) is 9.37 Å². The van der Waals surface area contributed by atoms with Crippen molar-refractivity contribution in [2.75, 3.05) is 0 Å². The third-order valence-electron chi connectivity index (χ3n) is 7.83. The number of thiazole rings is 1. The summed E-state index contributed by atoms with van der Waals surface area (Å²) in [5.41, 5.74) is 5.82. The standard InChI is InChI=1S/C40H36FN3O2S/c41-35-20-16-31(17-21-35)25-44(26-32-18-22-36(23-19-32)46-28-33-12-6-2-7-13-33)27-39-42-38(29-47-39)40(45)43-37(34-14-8-3-9-15-34)24-30-10-4-1-5-11-30/h1-23,29,37H,24-28H2,(H,43,45)/t37-/m1/s1. The van der Waals surface area contributed by atoms with Gasteiger partial charge in [0.15, 0.2) is 0 Å². The first-order valence-corrected chi connectivity index (χ1v) is 16.5. The summed E-state index contributed by atoms with van der Waals surface area (Å²) >= 11 is 1.47. The van der Waals surface area contributed by atoms with E-state index >= 15 is 0 Å². The summed E-state index contributed by atoms with van der Waals surface area (Å²) in [5, 5.41) is 5.88. The van der Waals surface area contributed by atoms with Crippen LogP contribution >= 0.6 is 11.3 Å². The van der Waals surface area contributed by atoms with Crippen molar-refractivity contribution in [1.29, 1.82) is 0 Å². The molecule has 0 fully saturated rings. The zero-order chi connectivity index (χ0) is 32.3. The van der Waals surface area contributed by atoms with E-state index in [1.807, 2.05) is 96.4 Å². The Morgan fingerprint density at radius 3 is 1.91 bits per heavy atom. The van der Waals surface area contributed by atoms with Crippen molar-refractivity contribution in [2.45, 2.75) is 38.7 Å². The molecular weight excluding hydrogens is 606 g/mol. The molecule has 7 heteroatoms. The summed E-state index contributed by atoms with van der Waals surface area (Å²) in [7, 11) is 0. The first-order chi connectivity index (χ1) is 23.1. The lowest BCUT2D eigenvalue weighted by atomic mass is 9.99. The highest BCUT2D eigenvalue weighted by molar-refractivity contribution is 7.09. The van der Waals surface area contributed by atoms with E-state index in [4.69, 9.17) is 9.72 Å². The van der Waals surface area contributed by atoms with Crippen LogP contribution in [0.5, 0.6) is 5.75 Å². The molecule has 0 aliphatic heterocycles. The van der Waals surface area contributed by atoms with Gasteiger partial charge >= 0.3 is 0 Å². The molecule has 0 aliphatic carbocycles. The fraction of sp³-hybridized carbons (Fsp3) is 0.150. The third-order valence-corrected chi connectivity index (χ3v) is 8.66. The highest BCUT2D eigenvalue weighted by Crippen LogP contribution is 2.22. The molecule has 1 aromatic heterocycles. The van der Waals surface area contributed by atoms with E-state index in [1.165, 1.54) is 23.5 Å². The molecule has 0 bridgehead atoms. The topological polar surface area (TPSA) is 54.5 Å². The van der Waals surface area contributed by atoms with Gasteiger partial charge in [-0.15, -0.1) is 11.3 Å². The molecule has 0 aliphatic rings. The van der Waals surface area contributed by atoms with Gasteiger partial charge in [-0.1, -0.05) is 115 Å². The van der Waals surface area contributed by atoms with Crippen molar-refractivity contribution in [2.24, 2.45) is 0 Å². The predicted molar refractivity (Wildman–Crippen MR) is 185 cm³/mol. The summed E-state index contributed by atoms with van der Waals surface area (Å²) in [6.45, 7) is 2.29. The first kappa shape index (κ1) is 31.9. The van der Waals surface area contributed by atoms with Crippen LogP contribution in [0.25, 0.3) is 0 Å². The normalized spacial score (nSPS) is 11.7. The maximum Gasteiger partial charge on any atom is 0.271 e. The first-order valence-electron chi connectivity index (χ1n) is 15.6. The Balaban J connectivity index is 1.13. The van der Waals surface area contributed by atoms with E-state index in [0.717, 1.165) is 38.6 Å². The lowest BCUT2D eigenvalue weighted by molar-refractivity contribution is 0.0931. The minimum atomic E-state index is -0.261. The fourth-order valence-electron chi connectivity index (χ4n) is 5.40. The summed E-state index contributed by atoms with van der Waals surface area (Å²) in [4.78, 5) is 20.5. The SMILES string of the molecule is O=C(N[C@H](Cc1ccccc1)c1ccccc1)c1csc(CN(Cc2ccc(F)cc2)Cc2ccc(OCc3ccccc3)cc2)n1. The van der Waals surface area contributed by atoms with E-state index in [0.29, 0.717) is 38.4 Å². The largest absolute Gasteiger partial charge is 0.489 e. The Morgan fingerprint density at radius 2 is 1.28 bits per heavy atom. The molecule has 6 rings (SSSR count). The van der Waals surface area contributed by atoms with Gasteiger partial charge < -0.3 is 10.1 Å². The van der Waals surface area contributed by atoms with Crippen molar-refractivity contribution in [3.8, 4) is 5.75 Å². The van der Waals surface area contributed by atoms with E-state index in [1.54, 1.807) is 12.1 Å². The number of nitrogens with zero attached hydrogens (tertiary/aromatic N) is 2. The number of halogens is 1. The Kier molecular flexibility index (Phi) is 10.8. The molecule has 1 N–H and O–H groups in total. The molecule has 0 radical (unpaired) electrons. The van der Waals surface area contributed by atoms with Crippen LogP contribution in [0.1, 0.15) is 49.4 Å². The number of carbonyl (C=O) groups excluding carboxylic acids is 1. The minimum Gasteiger partial charge on any atom is -0.489 e. The summed E-state index contributed by atoms with van der Waals surface area (Å²) in [6.07, 6.45) is 0.676. The van der Waals surface area contributed by atoms with E-state index in [9.17, 15) is 9.18 Å². The quantitative estimate of drug-likeness (QED) is 0.129. The van der Waals surface area contributed by atoms with Crippen LogP contribution in [0.2, 0.25) is 0 Å². The van der Waals surface area contributed by atoms with Crippen LogP contribution in [-0.4, -0.2) is 15.8 Å².